The van der Waals surface area contributed by atoms with Crippen molar-refractivity contribution in [3.8, 4) is 11.3 Å². The zero-order valence-corrected chi connectivity index (χ0v) is 14.7. The number of rotatable bonds is 3. The molecule has 0 atom stereocenters. The number of halogens is 1. The number of imidazole rings is 1. The number of hydrogen-bond acceptors (Lipinski definition) is 4. The molecule has 10 heteroatoms. The SMILES string of the molecule is O=C(O)Nc1cnc2nc(-c3cc(NC(=O)N4CCCC4)ccc3F)cn2c1. The maximum Gasteiger partial charge on any atom is 0.409 e. The number of nitrogens with one attached hydrogen (secondary N) is 2. The fraction of sp³-hybridized carbons (Fsp3) is 0.222. The molecule has 1 fully saturated rings. The van der Waals surface area contributed by atoms with Gasteiger partial charge in [0.05, 0.1) is 17.6 Å². The van der Waals surface area contributed by atoms with Crippen molar-refractivity contribution in [3.05, 3.63) is 42.6 Å². The molecule has 3 heterocycles. The predicted octanol–water partition coefficient (Wildman–Crippen LogP) is 3.25. The van der Waals surface area contributed by atoms with Crippen molar-refractivity contribution in [2.45, 2.75) is 12.8 Å². The molecule has 1 aliphatic heterocycles. The number of carbonyl (C=O) groups is 2. The number of amides is 3. The summed E-state index contributed by atoms with van der Waals surface area (Å²) in [5.74, 6) is -0.205. The van der Waals surface area contributed by atoms with Gasteiger partial charge in [-0.15, -0.1) is 0 Å². The van der Waals surface area contributed by atoms with Gasteiger partial charge < -0.3 is 15.3 Å². The molecule has 9 nitrogen and oxygen atoms in total. The van der Waals surface area contributed by atoms with Gasteiger partial charge in [0.2, 0.25) is 5.78 Å². The Bertz CT molecular complexity index is 1060. The fourth-order valence-corrected chi connectivity index (χ4v) is 3.12. The standard InChI is InChI=1S/C18H17FN6O3/c19-14-4-3-11(21-17(26)24-5-1-2-6-24)7-13(14)15-10-25-9-12(22-18(27)28)8-20-16(25)23-15/h3-4,7-10,22H,1-2,5-6H2,(H,21,26)(H,27,28). The molecule has 28 heavy (non-hydrogen) atoms. The Morgan fingerprint density at radius 3 is 2.64 bits per heavy atom. The fourth-order valence-electron chi connectivity index (χ4n) is 3.12. The van der Waals surface area contributed by atoms with Gasteiger partial charge in [0.25, 0.3) is 0 Å². The monoisotopic (exact) mass is 384 g/mol. The van der Waals surface area contributed by atoms with E-state index in [-0.39, 0.29) is 23.1 Å². The van der Waals surface area contributed by atoms with Crippen LogP contribution in [-0.2, 0) is 0 Å². The van der Waals surface area contributed by atoms with Crippen LogP contribution in [0.1, 0.15) is 12.8 Å². The second-order valence-electron chi connectivity index (χ2n) is 6.43. The molecule has 3 amide bonds. The highest BCUT2D eigenvalue weighted by Crippen LogP contribution is 2.26. The first-order valence-corrected chi connectivity index (χ1v) is 8.70. The van der Waals surface area contributed by atoms with Crippen molar-refractivity contribution in [1.82, 2.24) is 19.3 Å². The summed E-state index contributed by atoms with van der Waals surface area (Å²) in [6.07, 6.45) is 5.10. The van der Waals surface area contributed by atoms with Crippen LogP contribution < -0.4 is 10.6 Å². The highest BCUT2D eigenvalue weighted by Gasteiger charge is 2.19. The second-order valence-corrected chi connectivity index (χ2v) is 6.43. The van der Waals surface area contributed by atoms with Gasteiger partial charge in [-0.05, 0) is 31.0 Å². The molecular weight excluding hydrogens is 367 g/mol. The van der Waals surface area contributed by atoms with Gasteiger partial charge in [-0.25, -0.2) is 23.9 Å². The van der Waals surface area contributed by atoms with E-state index >= 15 is 0 Å². The average molecular weight is 384 g/mol. The van der Waals surface area contributed by atoms with Gasteiger partial charge in [-0.1, -0.05) is 0 Å². The Hall–Kier alpha value is -3.69. The lowest BCUT2D eigenvalue weighted by molar-refractivity contribution is 0.209. The van der Waals surface area contributed by atoms with E-state index in [1.54, 1.807) is 11.1 Å². The number of nitrogens with zero attached hydrogens (tertiary/aromatic N) is 4. The van der Waals surface area contributed by atoms with Gasteiger partial charge >= 0.3 is 12.1 Å². The van der Waals surface area contributed by atoms with Crippen LogP contribution in [0.25, 0.3) is 17.0 Å². The third-order valence-electron chi connectivity index (χ3n) is 4.45. The van der Waals surface area contributed by atoms with E-state index in [9.17, 15) is 14.0 Å². The molecule has 4 rings (SSSR count). The molecular formula is C18H17FN6O3. The number of benzene rings is 1. The van der Waals surface area contributed by atoms with Crippen LogP contribution in [0.3, 0.4) is 0 Å². The summed E-state index contributed by atoms with van der Waals surface area (Å²) < 4.78 is 15.9. The second kappa shape index (κ2) is 7.14. The number of hydrogen-bond donors (Lipinski definition) is 3. The minimum atomic E-state index is -1.21. The van der Waals surface area contributed by atoms with Crippen molar-refractivity contribution in [3.63, 3.8) is 0 Å². The number of anilines is 2. The Morgan fingerprint density at radius 2 is 1.89 bits per heavy atom. The highest BCUT2D eigenvalue weighted by atomic mass is 19.1. The molecule has 1 aliphatic rings. The van der Waals surface area contributed by atoms with Gasteiger partial charge in [0.15, 0.2) is 0 Å². The number of fused-ring (bicyclic) bond motifs is 1. The molecule has 0 spiro atoms. The average Bonchev–Trinajstić information content (AvgIpc) is 3.32. The summed E-state index contributed by atoms with van der Waals surface area (Å²) in [5, 5.41) is 13.8. The Morgan fingerprint density at radius 1 is 1.11 bits per heavy atom. The molecule has 144 valence electrons. The zero-order valence-electron chi connectivity index (χ0n) is 14.7. The lowest BCUT2D eigenvalue weighted by Gasteiger charge is -2.16. The van der Waals surface area contributed by atoms with Crippen LogP contribution >= 0.6 is 0 Å². The summed E-state index contributed by atoms with van der Waals surface area (Å²) >= 11 is 0. The van der Waals surface area contributed by atoms with Crippen molar-refractivity contribution in [2.24, 2.45) is 0 Å². The Labute approximate surface area is 158 Å². The lowest BCUT2D eigenvalue weighted by atomic mass is 10.1. The molecule has 0 saturated carbocycles. The molecule has 3 aromatic rings. The summed E-state index contributed by atoms with van der Waals surface area (Å²) in [5.41, 5.74) is 1.25. The van der Waals surface area contributed by atoms with E-state index in [1.165, 1.54) is 35.0 Å². The Kier molecular flexibility index (Phi) is 4.52. The number of urea groups is 1. The van der Waals surface area contributed by atoms with E-state index in [1.807, 2.05) is 0 Å². The number of aromatic nitrogens is 3. The van der Waals surface area contributed by atoms with E-state index in [4.69, 9.17) is 5.11 Å². The van der Waals surface area contributed by atoms with Crippen LogP contribution in [-0.4, -0.2) is 49.6 Å². The number of likely N-dealkylation sites (tertiary alicyclic amines) is 1. The van der Waals surface area contributed by atoms with E-state index in [0.717, 1.165) is 12.8 Å². The maximum absolute atomic E-state index is 14.4. The van der Waals surface area contributed by atoms with Crippen LogP contribution in [0.5, 0.6) is 0 Å². The third kappa shape index (κ3) is 3.56. The van der Waals surface area contributed by atoms with Crippen LogP contribution in [0, 0.1) is 5.82 Å². The normalized spacial score (nSPS) is 13.7. The largest absolute Gasteiger partial charge is 0.465 e. The molecule has 0 radical (unpaired) electrons. The predicted molar refractivity (Wildman–Crippen MR) is 99.9 cm³/mol. The van der Waals surface area contributed by atoms with Crippen LogP contribution in [0.4, 0.5) is 25.4 Å². The minimum absolute atomic E-state index is 0.206. The molecule has 3 N–H and O–H groups in total. The van der Waals surface area contributed by atoms with Crippen molar-refractivity contribution in [2.75, 3.05) is 23.7 Å². The first-order chi connectivity index (χ1) is 13.5. The zero-order chi connectivity index (χ0) is 19.7. The molecule has 1 saturated heterocycles. The van der Waals surface area contributed by atoms with E-state index < -0.39 is 11.9 Å². The van der Waals surface area contributed by atoms with Crippen molar-refractivity contribution < 1.29 is 19.1 Å². The quantitative estimate of drug-likeness (QED) is 0.642. The third-order valence-corrected chi connectivity index (χ3v) is 4.45. The summed E-state index contributed by atoms with van der Waals surface area (Å²) in [6, 6.07) is 4.07. The smallest absolute Gasteiger partial charge is 0.409 e. The summed E-state index contributed by atoms with van der Waals surface area (Å²) in [7, 11) is 0. The molecule has 0 bridgehead atoms. The molecule has 2 aromatic heterocycles. The van der Waals surface area contributed by atoms with E-state index in [2.05, 4.69) is 20.6 Å². The van der Waals surface area contributed by atoms with Crippen molar-refractivity contribution in [1.29, 1.82) is 0 Å². The molecule has 0 unspecified atom stereocenters. The van der Waals surface area contributed by atoms with Gasteiger partial charge in [-0.3, -0.25) is 9.72 Å². The Balaban J connectivity index is 1.62. The first-order valence-electron chi connectivity index (χ1n) is 8.70. The number of carboxylic acid groups (broad SMARTS) is 1. The first kappa shape index (κ1) is 17.7. The van der Waals surface area contributed by atoms with Gasteiger partial charge in [0.1, 0.15) is 5.82 Å². The number of carbonyl (C=O) groups excluding carboxylic acids is 1. The van der Waals surface area contributed by atoms with E-state index in [0.29, 0.717) is 24.5 Å². The van der Waals surface area contributed by atoms with Crippen molar-refractivity contribution >= 4 is 29.3 Å². The summed E-state index contributed by atoms with van der Waals surface area (Å²) in [6.45, 7) is 1.43. The van der Waals surface area contributed by atoms with Gasteiger partial charge in [-0.2, -0.15) is 0 Å². The molecule has 0 aliphatic carbocycles. The van der Waals surface area contributed by atoms with Crippen LogP contribution in [0.2, 0.25) is 0 Å². The molecule has 1 aromatic carbocycles. The van der Waals surface area contributed by atoms with Crippen LogP contribution in [0.15, 0.2) is 36.8 Å². The topological polar surface area (TPSA) is 112 Å². The maximum atomic E-state index is 14.4. The highest BCUT2D eigenvalue weighted by molar-refractivity contribution is 5.90. The lowest BCUT2D eigenvalue weighted by Crippen LogP contribution is -2.32. The minimum Gasteiger partial charge on any atom is -0.465 e. The summed E-state index contributed by atoms with van der Waals surface area (Å²) in [4.78, 5) is 33.0. The van der Waals surface area contributed by atoms with Gasteiger partial charge in [0, 0.05) is 36.7 Å².